The average Bonchev–Trinajstić information content (AvgIpc) is 1.77. The summed E-state index contributed by atoms with van der Waals surface area (Å²) in [4.78, 5) is 10.4. The number of hydrogen-bond donors (Lipinski definition) is 1. The first-order chi connectivity index (χ1) is 4.68. The van der Waals surface area contributed by atoms with E-state index in [9.17, 15) is 4.79 Å². The lowest BCUT2D eigenvalue weighted by molar-refractivity contribution is -0.141. The summed E-state index contributed by atoms with van der Waals surface area (Å²) in [5.74, 6) is 0.631. The molecule has 0 aromatic carbocycles. The third-order valence-electron chi connectivity index (χ3n) is 1.32. The first-order valence-electron chi connectivity index (χ1n) is 3.59. The molecular weight excluding hydrogens is 130 g/mol. The average molecular weight is 143 g/mol. The predicted molar refractivity (Wildman–Crippen MR) is 37.3 cm³/mol. The lowest BCUT2D eigenvalue weighted by Gasteiger charge is -2.27. The lowest BCUT2D eigenvalue weighted by Crippen LogP contribution is -2.50. The smallest absolute Gasteiger partial charge is 0.226 e. The second-order valence-electron chi connectivity index (χ2n) is 2.99. The molecule has 58 valence electrons. The van der Waals surface area contributed by atoms with Crippen molar-refractivity contribution < 1.29 is 9.53 Å². The van der Waals surface area contributed by atoms with Gasteiger partial charge < -0.3 is 10.1 Å². The zero-order valence-electron chi connectivity index (χ0n) is 6.39. The molecule has 1 aliphatic rings. The van der Waals surface area contributed by atoms with Gasteiger partial charge >= 0.3 is 0 Å². The Morgan fingerprint density at radius 3 is 2.80 bits per heavy atom. The van der Waals surface area contributed by atoms with Gasteiger partial charge in [0.25, 0.3) is 0 Å². The molecule has 0 aliphatic carbocycles. The minimum absolute atomic E-state index is 0.00472. The fourth-order valence-corrected chi connectivity index (χ4v) is 0.736. The van der Waals surface area contributed by atoms with E-state index in [1.54, 1.807) is 0 Å². The molecule has 0 saturated carbocycles. The maximum atomic E-state index is 10.4. The van der Waals surface area contributed by atoms with Crippen molar-refractivity contribution in [1.82, 2.24) is 5.32 Å². The van der Waals surface area contributed by atoms with E-state index < -0.39 is 0 Å². The highest BCUT2D eigenvalue weighted by Gasteiger charge is 2.25. The van der Waals surface area contributed by atoms with Crippen LogP contribution in [0, 0.1) is 5.92 Å². The Labute approximate surface area is 60.7 Å². The first kappa shape index (κ1) is 7.54. The quantitative estimate of drug-likeness (QED) is 0.584. The molecular formula is C7H13NO2. The molecule has 1 fully saturated rings. The Bertz CT molecular complexity index is 126. The molecule has 1 atom stereocenters. The largest absolute Gasteiger partial charge is 0.358 e. The zero-order chi connectivity index (χ0) is 7.56. The number of carbonyl (C=O) groups is 1. The van der Waals surface area contributed by atoms with E-state index in [1.165, 1.54) is 0 Å². The van der Waals surface area contributed by atoms with Crippen molar-refractivity contribution in [2.24, 2.45) is 5.92 Å². The van der Waals surface area contributed by atoms with Gasteiger partial charge in [-0.15, -0.1) is 0 Å². The van der Waals surface area contributed by atoms with E-state index in [2.05, 4.69) is 19.2 Å². The summed E-state index contributed by atoms with van der Waals surface area (Å²) in [6, 6.07) is 0. The van der Waals surface area contributed by atoms with Gasteiger partial charge in [-0.25, -0.2) is 0 Å². The van der Waals surface area contributed by atoms with Gasteiger partial charge in [0.05, 0.1) is 13.0 Å². The number of nitrogens with one attached hydrogen (secondary N) is 1. The maximum Gasteiger partial charge on any atom is 0.226 e. The molecule has 0 aromatic heterocycles. The number of rotatable bonds is 3. The Morgan fingerprint density at radius 2 is 2.40 bits per heavy atom. The van der Waals surface area contributed by atoms with Crippen molar-refractivity contribution in [3.63, 3.8) is 0 Å². The van der Waals surface area contributed by atoms with E-state index in [1.807, 2.05) is 0 Å². The second kappa shape index (κ2) is 3.01. The standard InChI is InChI=1S/C7H13NO2/c1-5(2)4-10-7-3-6(9)8-7/h5,7H,3-4H2,1-2H3,(H,8,9). The number of β-lactam (4-membered cyclic amide) rings is 1. The monoisotopic (exact) mass is 143 g/mol. The van der Waals surface area contributed by atoms with Crippen LogP contribution in [0.5, 0.6) is 0 Å². The van der Waals surface area contributed by atoms with Crippen molar-refractivity contribution in [2.75, 3.05) is 6.61 Å². The molecule has 1 heterocycles. The van der Waals surface area contributed by atoms with Crippen LogP contribution in [-0.2, 0) is 9.53 Å². The van der Waals surface area contributed by atoms with Gasteiger partial charge in [0, 0.05) is 0 Å². The van der Waals surface area contributed by atoms with Gasteiger partial charge in [0.1, 0.15) is 6.23 Å². The molecule has 0 bridgehead atoms. The van der Waals surface area contributed by atoms with Crippen molar-refractivity contribution in [1.29, 1.82) is 0 Å². The van der Waals surface area contributed by atoms with Crippen LogP contribution in [0.3, 0.4) is 0 Å². The fourth-order valence-electron chi connectivity index (χ4n) is 0.736. The lowest BCUT2D eigenvalue weighted by atomic mass is 10.2. The summed E-state index contributed by atoms with van der Waals surface area (Å²) in [5.41, 5.74) is 0. The Kier molecular flexibility index (Phi) is 2.27. The van der Waals surface area contributed by atoms with E-state index >= 15 is 0 Å². The van der Waals surface area contributed by atoms with Crippen molar-refractivity contribution >= 4 is 5.91 Å². The van der Waals surface area contributed by atoms with Crippen LogP contribution in [-0.4, -0.2) is 18.7 Å². The van der Waals surface area contributed by atoms with E-state index in [-0.39, 0.29) is 12.1 Å². The number of carbonyl (C=O) groups excluding carboxylic acids is 1. The molecule has 1 rings (SSSR count). The van der Waals surface area contributed by atoms with Gasteiger partial charge in [-0.05, 0) is 5.92 Å². The van der Waals surface area contributed by atoms with Crippen LogP contribution in [0.1, 0.15) is 20.3 Å². The Hall–Kier alpha value is -0.570. The van der Waals surface area contributed by atoms with Gasteiger partial charge in [0.15, 0.2) is 0 Å². The van der Waals surface area contributed by atoms with Crippen LogP contribution >= 0.6 is 0 Å². The minimum Gasteiger partial charge on any atom is -0.358 e. The molecule has 0 spiro atoms. The first-order valence-corrected chi connectivity index (χ1v) is 3.59. The van der Waals surface area contributed by atoms with Crippen LogP contribution in [0.2, 0.25) is 0 Å². The Balaban J connectivity index is 2.00. The highest BCUT2D eigenvalue weighted by molar-refractivity contribution is 5.82. The minimum atomic E-state index is -0.00472. The molecule has 0 aromatic rings. The topological polar surface area (TPSA) is 38.3 Å². The van der Waals surface area contributed by atoms with Gasteiger partial charge in [-0.1, -0.05) is 13.8 Å². The van der Waals surface area contributed by atoms with Crippen LogP contribution in [0.25, 0.3) is 0 Å². The Morgan fingerprint density at radius 1 is 1.80 bits per heavy atom. The van der Waals surface area contributed by atoms with E-state index in [4.69, 9.17) is 4.74 Å². The summed E-state index contributed by atoms with van der Waals surface area (Å²) in [7, 11) is 0. The summed E-state index contributed by atoms with van der Waals surface area (Å²) in [6.07, 6.45) is 0.530. The molecule has 1 amide bonds. The SMILES string of the molecule is CC(C)COC1CC(=O)N1. The summed E-state index contributed by atoms with van der Waals surface area (Å²) < 4.78 is 5.28. The molecule has 1 unspecified atom stereocenters. The van der Waals surface area contributed by atoms with Gasteiger partial charge in [-0.3, -0.25) is 4.79 Å². The van der Waals surface area contributed by atoms with Crippen molar-refractivity contribution in [3.8, 4) is 0 Å². The van der Waals surface area contributed by atoms with E-state index in [0.717, 1.165) is 6.61 Å². The van der Waals surface area contributed by atoms with Crippen molar-refractivity contribution in [3.05, 3.63) is 0 Å². The number of ether oxygens (including phenoxy) is 1. The van der Waals surface area contributed by atoms with E-state index in [0.29, 0.717) is 12.3 Å². The maximum absolute atomic E-state index is 10.4. The summed E-state index contributed by atoms with van der Waals surface area (Å²) >= 11 is 0. The molecule has 1 aliphatic heterocycles. The third kappa shape index (κ3) is 1.99. The molecule has 10 heavy (non-hydrogen) atoms. The summed E-state index contributed by atoms with van der Waals surface area (Å²) in [6.45, 7) is 4.89. The molecule has 0 radical (unpaired) electrons. The van der Waals surface area contributed by atoms with Crippen LogP contribution in [0.4, 0.5) is 0 Å². The molecule has 1 saturated heterocycles. The molecule has 3 heteroatoms. The molecule has 1 N–H and O–H groups in total. The molecule has 3 nitrogen and oxygen atoms in total. The highest BCUT2D eigenvalue weighted by atomic mass is 16.5. The normalized spacial score (nSPS) is 24.3. The fraction of sp³-hybridized carbons (Fsp3) is 0.857. The zero-order valence-corrected chi connectivity index (χ0v) is 6.39. The second-order valence-corrected chi connectivity index (χ2v) is 2.99. The highest BCUT2D eigenvalue weighted by Crippen LogP contribution is 2.06. The number of amides is 1. The van der Waals surface area contributed by atoms with Crippen LogP contribution < -0.4 is 5.32 Å². The van der Waals surface area contributed by atoms with Gasteiger partial charge in [0.2, 0.25) is 5.91 Å². The summed E-state index contributed by atoms with van der Waals surface area (Å²) in [5, 5.41) is 2.64. The number of hydrogen-bond acceptors (Lipinski definition) is 2. The van der Waals surface area contributed by atoms with Crippen LogP contribution in [0.15, 0.2) is 0 Å². The third-order valence-corrected chi connectivity index (χ3v) is 1.32. The van der Waals surface area contributed by atoms with Gasteiger partial charge in [-0.2, -0.15) is 0 Å². The predicted octanol–water partition coefficient (Wildman–Crippen LogP) is 0.505. The van der Waals surface area contributed by atoms with Crippen molar-refractivity contribution in [2.45, 2.75) is 26.5 Å².